The van der Waals surface area contributed by atoms with Crippen molar-refractivity contribution >= 4 is 28.3 Å². The summed E-state index contributed by atoms with van der Waals surface area (Å²) in [5.41, 5.74) is 12.7. The monoisotopic (exact) mass is 355 g/mol. The predicted octanol–water partition coefficient (Wildman–Crippen LogP) is 3.06. The summed E-state index contributed by atoms with van der Waals surface area (Å²) in [6.07, 6.45) is 0.507. The highest BCUT2D eigenvalue weighted by molar-refractivity contribution is 6.18. The molecule has 0 saturated heterocycles. The van der Waals surface area contributed by atoms with Gasteiger partial charge in [-0.15, -0.1) is 0 Å². The minimum atomic E-state index is -0.767. The summed E-state index contributed by atoms with van der Waals surface area (Å²) in [5, 5.41) is 1.99. The maximum absolute atomic E-state index is 13.0. The summed E-state index contributed by atoms with van der Waals surface area (Å²) in [4.78, 5) is 27.2. The Bertz CT molecular complexity index is 786. The number of nitrogens with zero attached hydrogens (tertiary/aromatic N) is 1. The largest absolute Gasteiger partial charge is 0.320 e. The van der Waals surface area contributed by atoms with Crippen molar-refractivity contribution in [3.63, 3.8) is 0 Å². The topological polar surface area (TPSA) is 89.4 Å². The van der Waals surface area contributed by atoms with Gasteiger partial charge in [0.1, 0.15) is 0 Å². The van der Waals surface area contributed by atoms with Gasteiger partial charge in [-0.2, -0.15) is 0 Å². The molecule has 0 aliphatic carbocycles. The van der Waals surface area contributed by atoms with Crippen molar-refractivity contribution in [3.05, 3.63) is 42.5 Å². The Morgan fingerprint density at radius 3 is 2.12 bits per heavy atom. The van der Waals surface area contributed by atoms with Gasteiger partial charge in [-0.05, 0) is 41.2 Å². The fourth-order valence-corrected chi connectivity index (χ4v) is 2.89. The van der Waals surface area contributed by atoms with Gasteiger partial charge in [0.15, 0.2) is 0 Å². The zero-order chi connectivity index (χ0) is 19.4. The van der Waals surface area contributed by atoms with E-state index >= 15 is 0 Å². The second-order valence-corrected chi connectivity index (χ2v) is 7.55. The molecule has 0 bridgehead atoms. The molecule has 1 unspecified atom stereocenters. The highest BCUT2D eigenvalue weighted by Crippen LogP contribution is 2.24. The van der Waals surface area contributed by atoms with Crippen LogP contribution in [-0.2, 0) is 9.59 Å². The number of hydrogen-bond donors (Lipinski definition) is 2. The van der Waals surface area contributed by atoms with Crippen LogP contribution in [0.5, 0.6) is 0 Å². The molecule has 0 spiro atoms. The molecule has 5 heteroatoms. The van der Waals surface area contributed by atoms with Crippen LogP contribution in [0.4, 0.5) is 5.69 Å². The van der Waals surface area contributed by atoms with Gasteiger partial charge in [0.25, 0.3) is 11.8 Å². The molecule has 0 aliphatic rings. The Morgan fingerprint density at radius 2 is 1.54 bits per heavy atom. The van der Waals surface area contributed by atoms with Crippen LogP contribution in [0.1, 0.15) is 34.1 Å². The maximum atomic E-state index is 13.0. The number of imide groups is 1. The number of anilines is 1. The van der Waals surface area contributed by atoms with Crippen LogP contribution in [0.2, 0.25) is 0 Å². The highest BCUT2D eigenvalue weighted by atomic mass is 16.2. The van der Waals surface area contributed by atoms with Crippen molar-refractivity contribution in [1.82, 2.24) is 0 Å². The summed E-state index contributed by atoms with van der Waals surface area (Å²) in [6, 6.07) is 11.8. The number of rotatable bonds is 6. The fraction of sp³-hybridized carbons (Fsp3) is 0.429. The van der Waals surface area contributed by atoms with Gasteiger partial charge in [0.05, 0.1) is 17.8 Å². The molecule has 0 radical (unpaired) electrons. The molecule has 0 aliphatic heterocycles. The van der Waals surface area contributed by atoms with Crippen molar-refractivity contribution in [1.29, 1.82) is 0 Å². The summed E-state index contributed by atoms with van der Waals surface area (Å²) >= 11 is 0. The van der Waals surface area contributed by atoms with E-state index in [2.05, 4.69) is 0 Å². The van der Waals surface area contributed by atoms with Gasteiger partial charge in [-0.3, -0.25) is 9.59 Å². The molecule has 2 aromatic rings. The summed E-state index contributed by atoms with van der Waals surface area (Å²) < 4.78 is 0. The lowest BCUT2D eigenvalue weighted by atomic mass is 10.00. The Morgan fingerprint density at radius 1 is 0.923 bits per heavy atom. The number of amides is 2. The lowest BCUT2D eigenvalue weighted by molar-refractivity contribution is -0.128. The van der Waals surface area contributed by atoms with Crippen LogP contribution >= 0.6 is 0 Å². The van der Waals surface area contributed by atoms with Gasteiger partial charge in [-0.1, -0.05) is 58.0 Å². The standard InChI is InChI=1S/C21H29N3O2/c1-13(2)11-18(22)20(25)24(21(26)19(23)14(3)4)17-10-9-15-7-5-6-8-16(15)12-17/h5-10,12-14,18-19H,11,22-23H2,1-4H3/t18?,19-/m0/s1. The first-order valence-corrected chi connectivity index (χ1v) is 9.10. The normalized spacial score (nSPS) is 13.8. The number of carbonyl (C=O) groups excluding carboxylic acids is 2. The molecule has 0 aromatic heterocycles. The average Bonchev–Trinajstić information content (AvgIpc) is 2.60. The quantitative estimate of drug-likeness (QED) is 0.833. The van der Waals surface area contributed by atoms with Crippen LogP contribution in [-0.4, -0.2) is 23.9 Å². The van der Waals surface area contributed by atoms with Crippen LogP contribution in [0, 0.1) is 11.8 Å². The van der Waals surface area contributed by atoms with Crippen molar-refractivity contribution in [2.24, 2.45) is 23.3 Å². The third kappa shape index (κ3) is 4.48. The van der Waals surface area contributed by atoms with Gasteiger partial charge >= 0.3 is 0 Å². The molecule has 26 heavy (non-hydrogen) atoms. The van der Waals surface area contributed by atoms with Crippen molar-refractivity contribution in [2.75, 3.05) is 4.90 Å². The maximum Gasteiger partial charge on any atom is 0.250 e. The summed E-state index contributed by atoms with van der Waals surface area (Å²) in [6.45, 7) is 7.71. The number of fused-ring (bicyclic) bond motifs is 1. The predicted molar refractivity (Wildman–Crippen MR) is 107 cm³/mol. The van der Waals surface area contributed by atoms with Crippen molar-refractivity contribution in [2.45, 2.75) is 46.2 Å². The van der Waals surface area contributed by atoms with E-state index in [4.69, 9.17) is 11.5 Å². The third-order valence-electron chi connectivity index (χ3n) is 4.48. The zero-order valence-corrected chi connectivity index (χ0v) is 16.0. The molecule has 2 aromatic carbocycles. The van der Waals surface area contributed by atoms with E-state index in [0.29, 0.717) is 12.1 Å². The van der Waals surface area contributed by atoms with Crippen molar-refractivity contribution < 1.29 is 9.59 Å². The molecule has 0 saturated carbocycles. The molecule has 140 valence electrons. The Labute approximate surface area is 155 Å². The van der Waals surface area contributed by atoms with Crippen molar-refractivity contribution in [3.8, 4) is 0 Å². The first-order chi connectivity index (χ1) is 12.2. The Hall–Kier alpha value is -2.24. The van der Waals surface area contributed by atoms with E-state index in [1.807, 2.05) is 64.1 Å². The second-order valence-electron chi connectivity index (χ2n) is 7.55. The molecule has 2 amide bonds. The average molecular weight is 355 g/mol. The lowest BCUT2D eigenvalue weighted by Gasteiger charge is -2.28. The minimum absolute atomic E-state index is 0.0837. The van der Waals surface area contributed by atoms with E-state index in [-0.39, 0.29) is 11.8 Å². The van der Waals surface area contributed by atoms with E-state index in [1.165, 1.54) is 4.90 Å². The molecular formula is C21H29N3O2. The van der Waals surface area contributed by atoms with Gasteiger partial charge < -0.3 is 11.5 Å². The molecule has 0 fully saturated rings. The van der Waals surface area contributed by atoms with E-state index in [9.17, 15) is 9.59 Å². The second kappa shape index (κ2) is 8.43. The molecular weight excluding hydrogens is 326 g/mol. The van der Waals surface area contributed by atoms with Gasteiger partial charge in [0, 0.05) is 0 Å². The number of carbonyl (C=O) groups is 2. The third-order valence-corrected chi connectivity index (χ3v) is 4.48. The lowest BCUT2D eigenvalue weighted by Crippen LogP contribution is -2.54. The van der Waals surface area contributed by atoms with Crippen LogP contribution < -0.4 is 16.4 Å². The highest BCUT2D eigenvalue weighted by Gasteiger charge is 2.32. The van der Waals surface area contributed by atoms with Crippen LogP contribution in [0.3, 0.4) is 0 Å². The van der Waals surface area contributed by atoms with E-state index in [1.54, 1.807) is 6.07 Å². The molecule has 2 atom stereocenters. The Balaban J connectivity index is 2.47. The van der Waals surface area contributed by atoms with Crippen LogP contribution in [0.15, 0.2) is 42.5 Å². The first-order valence-electron chi connectivity index (χ1n) is 9.10. The number of nitrogens with two attached hydrogens (primary N) is 2. The van der Waals surface area contributed by atoms with Crippen LogP contribution in [0.25, 0.3) is 10.8 Å². The Kier molecular flexibility index (Phi) is 6.51. The van der Waals surface area contributed by atoms with E-state index in [0.717, 1.165) is 10.8 Å². The molecule has 0 heterocycles. The SMILES string of the molecule is CC(C)CC(N)C(=O)N(C(=O)[C@@H](N)C(C)C)c1ccc2ccccc2c1. The van der Waals surface area contributed by atoms with Gasteiger partial charge in [-0.25, -0.2) is 4.90 Å². The number of benzene rings is 2. The summed E-state index contributed by atoms with van der Waals surface area (Å²) in [5.74, 6) is -0.657. The van der Waals surface area contributed by atoms with Gasteiger partial charge in [0.2, 0.25) is 0 Å². The fourth-order valence-electron chi connectivity index (χ4n) is 2.89. The minimum Gasteiger partial charge on any atom is -0.320 e. The molecule has 2 rings (SSSR count). The smallest absolute Gasteiger partial charge is 0.250 e. The van der Waals surface area contributed by atoms with E-state index < -0.39 is 23.9 Å². The molecule has 4 N–H and O–H groups in total. The summed E-state index contributed by atoms with van der Waals surface area (Å²) in [7, 11) is 0. The zero-order valence-electron chi connectivity index (χ0n) is 16.0. The molecule has 5 nitrogen and oxygen atoms in total. The first kappa shape index (κ1) is 20.1. The number of hydrogen-bond acceptors (Lipinski definition) is 4.